The van der Waals surface area contributed by atoms with Crippen LogP contribution in [0.1, 0.15) is 18.4 Å². The van der Waals surface area contributed by atoms with E-state index in [0.717, 1.165) is 18.4 Å². The fourth-order valence-corrected chi connectivity index (χ4v) is 4.07. The standard InChI is InChI=1S/C13H16O4S/c1-9-4-3-5-11(8-9)18(15,16)12(10-6-7-10)13(14)17-2/h3-5,8,10,12H,6-7H2,1-2H3. The molecule has 1 saturated carbocycles. The minimum Gasteiger partial charge on any atom is -0.468 e. The molecule has 0 radical (unpaired) electrons. The van der Waals surface area contributed by atoms with Gasteiger partial charge in [-0.05, 0) is 43.4 Å². The minimum atomic E-state index is -3.65. The van der Waals surface area contributed by atoms with Gasteiger partial charge in [0.25, 0.3) is 0 Å². The summed E-state index contributed by atoms with van der Waals surface area (Å²) in [6.45, 7) is 1.82. The van der Waals surface area contributed by atoms with Gasteiger partial charge < -0.3 is 4.74 Å². The number of ether oxygens (including phenoxy) is 1. The van der Waals surface area contributed by atoms with E-state index in [-0.39, 0.29) is 10.8 Å². The first kappa shape index (κ1) is 13.1. The molecule has 1 aliphatic rings. The van der Waals surface area contributed by atoms with Crippen LogP contribution in [-0.4, -0.2) is 26.7 Å². The molecule has 0 spiro atoms. The predicted molar refractivity (Wildman–Crippen MR) is 66.9 cm³/mol. The number of sulfone groups is 1. The smallest absolute Gasteiger partial charge is 0.324 e. The van der Waals surface area contributed by atoms with Gasteiger partial charge in [-0.1, -0.05) is 12.1 Å². The summed E-state index contributed by atoms with van der Waals surface area (Å²) in [6.07, 6.45) is 1.54. The molecule has 1 aliphatic carbocycles. The first-order valence-electron chi connectivity index (χ1n) is 5.85. The molecule has 0 amide bonds. The molecular formula is C13H16O4S. The third-order valence-corrected chi connectivity index (χ3v) is 5.29. The lowest BCUT2D eigenvalue weighted by molar-refractivity contribution is -0.140. The summed E-state index contributed by atoms with van der Waals surface area (Å²) >= 11 is 0. The molecule has 4 nitrogen and oxygen atoms in total. The SMILES string of the molecule is COC(=O)C(C1CC1)S(=O)(=O)c1cccc(C)c1. The van der Waals surface area contributed by atoms with Crippen LogP contribution in [0.25, 0.3) is 0 Å². The maximum Gasteiger partial charge on any atom is 0.324 e. The predicted octanol–water partition coefficient (Wildman–Crippen LogP) is 1.72. The molecule has 0 aliphatic heterocycles. The maximum absolute atomic E-state index is 12.5. The van der Waals surface area contributed by atoms with Crippen molar-refractivity contribution in [2.24, 2.45) is 5.92 Å². The van der Waals surface area contributed by atoms with E-state index in [1.54, 1.807) is 12.1 Å². The van der Waals surface area contributed by atoms with Crippen molar-refractivity contribution in [1.82, 2.24) is 0 Å². The van der Waals surface area contributed by atoms with Crippen LogP contribution >= 0.6 is 0 Å². The highest BCUT2D eigenvalue weighted by Gasteiger charge is 2.46. The molecule has 0 bridgehead atoms. The molecule has 2 rings (SSSR count). The van der Waals surface area contributed by atoms with Gasteiger partial charge in [0.15, 0.2) is 15.1 Å². The average molecular weight is 268 g/mol. The Morgan fingerprint density at radius 3 is 2.56 bits per heavy atom. The largest absolute Gasteiger partial charge is 0.468 e. The lowest BCUT2D eigenvalue weighted by atomic mass is 10.2. The summed E-state index contributed by atoms with van der Waals surface area (Å²) in [7, 11) is -2.42. The monoisotopic (exact) mass is 268 g/mol. The van der Waals surface area contributed by atoms with Gasteiger partial charge in [0.05, 0.1) is 12.0 Å². The molecule has 1 unspecified atom stereocenters. The summed E-state index contributed by atoms with van der Waals surface area (Å²) in [5.41, 5.74) is 0.857. The van der Waals surface area contributed by atoms with Crippen LogP contribution in [0, 0.1) is 12.8 Å². The van der Waals surface area contributed by atoms with E-state index in [1.165, 1.54) is 13.2 Å². The van der Waals surface area contributed by atoms with Crippen LogP contribution in [0.4, 0.5) is 0 Å². The second-order valence-electron chi connectivity index (χ2n) is 4.64. The molecule has 1 atom stereocenters. The number of methoxy groups -OCH3 is 1. The topological polar surface area (TPSA) is 60.4 Å². The van der Waals surface area contributed by atoms with Crippen molar-refractivity contribution in [2.45, 2.75) is 29.9 Å². The zero-order valence-corrected chi connectivity index (χ0v) is 11.2. The molecule has 1 aromatic rings. The molecule has 1 aromatic carbocycles. The summed E-state index contributed by atoms with van der Waals surface area (Å²) in [5, 5.41) is -1.05. The van der Waals surface area contributed by atoms with Gasteiger partial charge in [0.2, 0.25) is 0 Å². The van der Waals surface area contributed by atoms with Crippen molar-refractivity contribution < 1.29 is 17.9 Å². The number of hydrogen-bond donors (Lipinski definition) is 0. The third-order valence-electron chi connectivity index (χ3n) is 3.14. The van der Waals surface area contributed by atoms with E-state index in [2.05, 4.69) is 4.74 Å². The van der Waals surface area contributed by atoms with Crippen molar-refractivity contribution >= 4 is 15.8 Å². The van der Waals surface area contributed by atoms with E-state index < -0.39 is 21.1 Å². The van der Waals surface area contributed by atoms with Crippen LogP contribution < -0.4 is 0 Å². The Bertz CT molecular complexity index is 558. The van der Waals surface area contributed by atoms with Crippen molar-refractivity contribution in [3.05, 3.63) is 29.8 Å². The summed E-state index contributed by atoms with van der Waals surface area (Å²) in [5.74, 6) is -0.748. The van der Waals surface area contributed by atoms with Gasteiger partial charge in [0, 0.05) is 0 Å². The Balaban J connectivity index is 2.42. The van der Waals surface area contributed by atoms with Gasteiger partial charge in [-0.3, -0.25) is 4.79 Å². The maximum atomic E-state index is 12.5. The Labute approximate surface area is 107 Å². The molecule has 0 aromatic heterocycles. The zero-order chi connectivity index (χ0) is 13.3. The van der Waals surface area contributed by atoms with Crippen LogP contribution in [0.2, 0.25) is 0 Å². The fourth-order valence-electron chi connectivity index (χ4n) is 2.03. The normalized spacial score (nSPS) is 17.2. The van der Waals surface area contributed by atoms with Crippen LogP contribution in [0.5, 0.6) is 0 Å². The van der Waals surface area contributed by atoms with Crippen molar-refractivity contribution in [3.63, 3.8) is 0 Å². The van der Waals surface area contributed by atoms with E-state index in [4.69, 9.17) is 0 Å². The van der Waals surface area contributed by atoms with Gasteiger partial charge >= 0.3 is 5.97 Å². The van der Waals surface area contributed by atoms with Crippen LogP contribution in [-0.2, 0) is 19.4 Å². The highest BCUT2D eigenvalue weighted by Crippen LogP contribution is 2.39. The number of esters is 1. The number of carbonyl (C=O) groups is 1. The van der Waals surface area contributed by atoms with Gasteiger partial charge in [-0.2, -0.15) is 0 Å². The first-order chi connectivity index (χ1) is 8.46. The van der Waals surface area contributed by atoms with E-state index in [0.29, 0.717) is 0 Å². The third kappa shape index (κ3) is 2.41. The Morgan fingerprint density at radius 2 is 2.06 bits per heavy atom. The molecule has 0 saturated heterocycles. The molecule has 18 heavy (non-hydrogen) atoms. The summed E-state index contributed by atoms with van der Waals surface area (Å²) in [4.78, 5) is 11.9. The highest BCUT2D eigenvalue weighted by molar-refractivity contribution is 7.92. The van der Waals surface area contributed by atoms with Gasteiger partial charge in [-0.15, -0.1) is 0 Å². The quantitative estimate of drug-likeness (QED) is 0.780. The summed E-state index contributed by atoms with van der Waals surface area (Å²) < 4.78 is 29.6. The van der Waals surface area contributed by atoms with Crippen LogP contribution in [0.3, 0.4) is 0 Å². The fraction of sp³-hybridized carbons (Fsp3) is 0.462. The Hall–Kier alpha value is -1.36. The molecule has 0 heterocycles. The summed E-state index contributed by atoms with van der Waals surface area (Å²) in [6, 6.07) is 6.63. The average Bonchev–Trinajstić information content (AvgIpc) is 3.13. The second kappa shape index (κ2) is 4.72. The van der Waals surface area contributed by atoms with E-state index >= 15 is 0 Å². The van der Waals surface area contributed by atoms with Crippen LogP contribution in [0.15, 0.2) is 29.2 Å². The lowest BCUT2D eigenvalue weighted by Crippen LogP contribution is -2.33. The van der Waals surface area contributed by atoms with Crippen molar-refractivity contribution in [2.75, 3.05) is 7.11 Å². The minimum absolute atomic E-state index is 0.0945. The molecule has 5 heteroatoms. The number of carbonyl (C=O) groups excluding carboxylic acids is 1. The Morgan fingerprint density at radius 1 is 1.39 bits per heavy atom. The number of benzene rings is 1. The molecule has 98 valence electrons. The van der Waals surface area contributed by atoms with E-state index in [9.17, 15) is 13.2 Å². The van der Waals surface area contributed by atoms with Gasteiger partial charge in [-0.25, -0.2) is 8.42 Å². The molecule has 1 fully saturated rings. The lowest BCUT2D eigenvalue weighted by Gasteiger charge is -2.15. The molecule has 0 N–H and O–H groups in total. The van der Waals surface area contributed by atoms with Crippen molar-refractivity contribution in [1.29, 1.82) is 0 Å². The Kier molecular flexibility index (Phi) is 3.43. The second-order valence-corrected chi connectivity index (χ2v) is 6.71. The molecular weight excluding hydrogens is 252 g/mol. The van der Waals surface area contributed by atoms with Gasteiger partial charge in [0.1, 0.15) is 0 Å². The highest BCUT2D eigenvalue weighted by atomic mass is 32.2. The number of hydrogen-bond acceptors (Lipinski definition) is 4. The van der Waals surface area contributed by atoms with E-state index in [1.807, 2.05) is 13.0 Å². The number of aryl methyl sites for hydroxylation is 1. The number of rotatable bonds is 4. The first-order valence-corrected chi connectivity index (χ1v) is 7.40. The zero-order valence-electron chi connectivity index (χ0n) is 10.4. The van der Waals surface area contributed by atoms with Crippen molar-refractivity contribution in [3.8, 4) is 0 Å².